The second kappa shape index (κ2) is 6.43. The van der Waals surface area contributed by atoms with Crippen molar-refractivity contribution < 1.29 is 9.63 Å². The maximum absolute atomic E-state index is 11.0. The molecule has 1 aromatic carbocycles. The lowest BCUT2D eigenvalue weighted by atomic mass is 10.2. The van der Waals surface area contributed by atoms with Crippen molar-refractivity contribution in [3.63, 3.8) is 0 Å². The van der Waals surface area contributed by atoms with Gasteiger partial charge < -0.3 is 4.84 Å². The molecular weight excluding hydrogens is 214 g/mol. The molecule has 3 nitrogen and oxygen atoms in total. The van der Waals surface area contributed by atoms with E-state index >= 15 is 0 Å². The van der Waals surface area contributed by atoms with Crippen LogP contribution in [0.2, 0.25) is 0 Å². The van der Waals surface area contributed by atoms with E-state index in [0.29, 0.717) is 6.42 Å². The fourth-order valence-electron chi connectivity index (χ4n) is 1.06. The zero-order valence-corrected chi connectivity index (χ0v) is 9.33. The highest BCUT2D eigenvalue weighted by Gasteiger charge is 2.09. The Bertz CT molecular complexity index is 303. The Morgan fingerprint density at radius 1 is 1.47 bits per heavy atom. The summed E-state index contributed by atoms with van der Waals surface area (Å²) in [6, 6.07) is 9.37. The molecule has 0 radical (unpaired) electrons. The van der Waals surface area contributed by atoms with Crippen molar-refractivity contribution in [1.82, 2.24) is 5.48 Å². The van der Waals surface area contributed by atoms with E-state index in [1.54, 1.807) is 0 Å². The van der Waals surface area contributed by atoms with Crippen LogP contribution in [0.1, 0.15) is 30.8 Å². The van der Waals surface area contributed by atoms with Gasteiger partial charge in [-0.2, -0.15) is 0 Å². The summed E-state index contributed by atoms with van der Waals surface area (Å²) in [4.78, 5) is 15.8. The minimum atomic E-state index is -0.507. The second-order valence-electron chi connectivity index (χ2n) is 3.12. The molecule has 0 aliphatic carbocycles. The van der Waals surface area contributed by atoms with Crippen molar-refractivity contribution in [2.45, 2.75) is 25.3 Å². The fourth-order valence-corrected chi connectivity index (χ4v) is 1.25. The molecule has 15 heavy (non-hydrogen) atoms. The van der Waals surface area contributed by atoms with Gasteiger partial charge in [0.1, 0.15) is 5.50 Å². The van der Waals surface area contributed by atoms with E-state index in [2.05, 4.69) is 5.48 Å². The molecule has 0 aromatic heterocycles. The van der Waals surface area contributed by atoms with Crippen LogP contribution in [-0.4, -0.2) is 5.97 Å². The van der Waals surface area contributed by atoms with Crippen LogP contribution in [0.15, 0.2) is 30.3 Å². The molecule has 0 spiro atoms. The van der Waals surface area contributed by atoms with E-state index < -0.39 is 5.50 Å². The van der Waals surface area contributed by atoms with E-state index in [0.717, 1.165) is 12.0 Å². The average Bonchev–Trinajstić information content (AvgIpc) is 2.27. The average molecular weight is 228 g/mol. The molecule has 82 valence electrons. The lowest BCUT2D eigenvalue weighted by Crippen LogP contribution is -2.21. The highest BCUT2D eigenvalue weighted by molar-refractivity contribution is 6.20. The Labute approximate surface area is 94.3 Å². The van der Waals surface area contributed by atoms with E-state index in [1.807, 2.05) is 37.3 Å². The molecule has 1 rings (SSSR count). The first-order chi connectivity index (χ1) is 7.24. The monoisotopic (exact) mass is 227 g/mol. The standard InChI is InChI=1S/C11H14ClNO2/c1-2-6-10(14)15-13-11(12)9-7-4-3-5-8-9/h3-5,7-8,11,13H,2,6H2,1H3. The summed E-state index contributed by atoms with van der Waals surface area (Å²) in [6.45, 7) is 1.91. The molecule has 1 N–H and O–H groups in total. The molecule has 0 bridgehead atoms. The van der Waals surface area contributed by atoms with Crippen molar-refractivity contribution in [3.8, 4) is 0 Å². The Balaban J connectivity index is 2.37. The third-order valence-corrected chi connectivity index (χ3v) is 2.16. The predicted octanol–water partition coefficient (Wildman–Crippen LogP) is 2.77. The van der Waals surface area contributed by atoms with Gasteiger partial charge in [0, 0.05) is 6.42 Å². The minimum Gasteiger partial charge on any atom is -0.369 e. The van der Waals surface area contributed by atoms with Gasteiger partial charge in [0.2, 0.25) is 0 Å². The van der Waals surface area contributed by atoms with E-state index in [1.165, 1.54) is 0 Å². The van der Waals surface area contributed by atoms with Crippen LogP contribution in [-0.2, 0) is 9.63 Å². The summed E-state index contributed by atoms with van der Waals surface area (Å²) in [6.07, 6.45) is 1.16. The van der Waals surface area contributed by atoms with E-state index in [-0.39, 0.29) is 5.97 Å². The number of hydroxylamine groups is 1. The minimum absolute atomic E-state index is 0.293. The molecule has 1 aromatic rings. The molecule has 0 heterocycles. The second-order valence-corrected chi connectivity index (χ2v) is 3.55. The Kier molecular flexibility index (Phi) is 5.15. The number of halogens is 1. The van der Waals surface area contributed by atoms with Crippen LogP contribution >= 0.6 is 11.6 Å². The van der Waals surface area contributed by atoms with E-state index in [4.69, 9.17) is 16.4 Å². The molecule has 0 amide bonds. The smallest absolute Gasteiger partial charge is 0.324 e. The highest BCUT2D eigenvalue weighted by Crippen LogP contribution is 2.16. The Hall–Kier alpha value is -1.06. The quantitative estimate of drug-likeness (QED) is 0.478. The van der Waals surface area contributed by atoms with Crippen LogP contribution in [0.5, 0.6) is 0 Å². The van der Waals surface area contributed by atoms with Gasteiger partial charge in [-0.25, -0.2) is 0 Å². The van der Waals surface area contributed by atoms with Crippen LogP contribution < -0.4 is 5.48 Å². The maximum Gasteiger partial charge on any atom is 0.324 e. The first-order valence-electron chi connectivity index (χ1n) is 4.88. The third-order valence-electron chi connectivity index (χ3n) is 1.82. The lowest BCUT2D eigenvalue weighted by Gasteiger charge is -2.11. The van der Waals surface area contributed by atoms with Crippen LogP contribution in [0.25, 0.3) is 0 Å². The normalized spacial score (nSPS) is 12.1. The summed E-state index contributed by atoms with van der Waals surface area (Å²) in [5.41, 5.74) is 2.86. The fraction of sp³-hybridized carbons (Fsp3) is 0.364. The molecule has 0 saturated carbocycles. The van der Waals surface area contributed by atoms with Crippen molar-refractivity contribution in [3.05, 3.63) is 35.9 Å². The number of nitrogens with one attached hydrogen (secondary N) is 1. The molecule has 0 aliphatic rings. The first kappa shape index (κ1) is 12.0. The summed E-state index contributed by atoms with van der Waals surface area (Å²) < 4.78 is 0. The Morgan fingerprint density at radius 3 is 2.73 bits per heavy atom. The van der Waals surface area contributed by atoms with Gasteiger partial charge in [-0.15, -0.1) is 5.48 Å². The van der Waals surface area contributed by atoms with Crippen molar-refractivity contribution in [1.29, 1.82) is 0 Å². The third kappa shape index (κ3) is 4.32. The van der Waals surface area contributed by atoms with Gasteiger partial charge in [0.05, 0.1) is 0 Å². The molecule has 0 saturated heterocycles. The van der Waals surface area contributed by atoms with Crippen LogP contribution in [0.4, 0.5) is 0 Å². The number of carbonyl (C=O) groups is 1. The van der Waals surface area contributed by atoms with Crippen LogP contribution in [0.3, 0.4) is 0 Å². The van der Waals surface area contributed by atoms with Crippen LogP contribution in [0, 0.1) is 0 Å². The zero-order chi connectivity index (χ0) is 11.1. The molecule has 1 unspecified atom stereocenters. The van der Waals surface area contributed by atoms with Gasteiger partial charge in [-0.3, -0.25) is 4.79 Å². The van der Waals surface area contributed by atoms with Gasteiger partial charge >= 0.3 is 5.97 Å². The topological polar surface area (TPSA) is 38.3 Å². The summed E-state index contributed by atoms with van der Waals surface area (Å²) >= 11 is 5.96. The molecule has 1 atom stereocenters. The van der Waals surface area contributed by atoms with Gasteiger partial charge in [-0.1, -0.05) is 48.9 Å². The maximum atomic E-state index is 11.0. The zero-order valence-electron chi connectivity index (χ0n) is 8.57. The van der Waals surface area contributed by atoms with Gasteiger partial charge in [0.25, 0.3) is 0 Å². The molecule has 0 aliphatic heterocycles. The Morgan fingerprint density at radius 2 is 2.13 bits per heavy atom. The van der Waals surface area contributed by atoms with Crippen molar-refractivity contribution >= 4 is 17.6 Å². The van der Waals surface area contributed by atoms with Gasteiger partial charge in [-0.05, 0) is 12.0 Å². The SMILES string of the molecule is CCCC(=O)ONC(Cl)c1ccccc1. The molecule has 0 fully saturated rings. The number of hydrogen-bond acceptors (Lipinski definition) is 3. The molecule has 4 heteroatoms. The highest BCUT2D eigenvalue weighted by atomic mass is 35.5. The number of benzene rings is 1. The lowest BCUT2D eigenvalue weighted by molar-refractivity contribution is -0.151. The predicted molar refractivity (Wildman–Crippen MR) is 59.2 cm³/mol. The largest absolute Gasteiger partial charge is 0.369 e. The van der Waals surface area contributed by atoms with Crippen molar-refractivity contribution in [2.24, 2.45) is 0 Å². The summed E-state index contributed by atoms with van der Waals surface area (Å²) in [5.74, 6) is -0.293. The summed E-state index contributed by atoms with van der Waals surface area (Å²) in [7, 11) is 0. The first-order valence-corrected chi connectivity index (χ1v) is 5.32. The summed E-state index contributed by atoms with van der Waals surface area (Å²) in [5, 5.41) is 0. The van der Waals surface area contributed by atoms with Gasteiger partial charge in [0.15, 0.2) is 0 Å². The molecular formula is C11H14ClNO2. The number of carbonyl (C=O) groups excluding carboxylic acids is 1. The number of rotatable bonds is 5. The van der Waals surface area contributed by atoms with Crippen molar-refractivity contribution in [2.75, 3.05) is 0 Å². The number of alkyl halides is 1. The van der Waals surface area contributed by atoms with E-state index in [9.17, 15) is 4.79 Å². The number of hydrogen-bond donors (Lipinski definition) is 1.